The predicted octanol–water partition coefficient (Wildman–Crippen LogP) is 4.63. The summed E-state index contributed by atoms with van der Waals surface area (Å²) in [6.45, 7) is 7.68. The summed E-state index contributed by atoms with van der Waals surface area (Å²) in [5.74, 6) is 1.67. The van der Waals surface area contributed by atoms with Crippen molar-refractivity contribution in [1.29, 1.82) is 0 Å². The standard InChI is InChI=1S/C19H28BrNO4/c1-19(2,3)25-18(22)21-12-4-5-16(10-13-21)24-17-8-6-15(7-9-17)23-14-11-20/h6-9,16H,4-5,10-14H2,1-3H3. The van der Waals surface area contributed by atoms with Crippen molar-refractivity contribution < 1.29 is 19.0 Å². The van der Waals surface area contributed by atoms with Crippen molar-refractivity contribution in [1.82, 2.24) is 4.90 Å². The average molecular weight is 414 g/mol. The molecule has 1 amide bonds. The van der Waals surface area contributed by atoms with Crippen LogP contribution in [0, 0.1) is 0 Å². The van der Waals surface area contributed by atoms with E-state index >= 15 is 0 Å². The smallest absolute Gasteiger partial charge is 0.410 e. The van der Waals surface area contributed by atoms with Gasteiger partial charge in [0.2, 0.25) is 0 Å². The molecule has 1 aromatic rings. The fourth-order valence-electron chi connectivity index (χ4n) is 2.66. The minimum Gasteiger partial charge on any atom is -0.493 e. The Morgan fingerprint density at radius 2 is 1.84 bits per heavy atom. The van der Waals surface area contributed by atoms with Crippen LogP contribution in [-0.4, -0.2) is 47.7 Å². The Morgan fingerprint density at radius 1 is 1.16 bits per heavy atom. The summed E-state index contributed by atoms with van der Waals surface area (Å²) >= 11 is 3.34. The molecule has 5 nitrogen and oxygen atoms in total. The molecule has 1 saturated heterocycles. The van der Waals surface area contributed by atoms with Crippen LogP contribution in [0.3, 0.4) is 0 Å². The van der Waals surface area contributed by atoms with Crippen molar-refractivity contribution >= 4 is 22.0 Å². The Kier molecular flexibility index (Phi) is 7.41. The lowest BCUT2D eigenvalue weighted by Crippen LogP contribution is -2.37. The van der Waals surface area contributed by atoms with Crippen molar-refractivity contribution in [2.24, 2.45) is 0 Å². The van der Waals surface area contributed by atoms with Gasteiger partial charge in [-0.25, -0.2) is 4.79 Å². The molecule has 0 N–H and O–H groups in total. The summed E-state index contributed by atoms with van der Waals surface area (Å²) in [5, 5.41) is 0.807. The van der Waals surface area contributed by atoms with Gasteiger partial charge in [-0.3, -0.25) is 0 Å². The summed E-state index contributed by atoms with van der Waals surface area (Å²) in [6.07, 6.45) is 2.53. The van der Waals surface area contributed by atoms with E-state index in [-0.39, 0.29) is 12.2 Å². The number of amides is 1. The van der Waals surface area contributed by atoms with Crippen molar-refractivity contribution in [3.63, 3.8) is 0 Å². The first-order valence-electron chi connectivity index (χ1n) is 8.81. The van der Waals surface area contributed by atoms with Gasteiger partial charge in [-0.2, -0.15) is 0 Å². The number of hydrogen-bond acceptors (Lipinski definition) is 4. The summed E-state index contributed by atoms with van der Waals surface area (Å²) in [6, 6.07) is 7.70. The fourth-order valence-corrected chi connectivity index (χ4v) is 2.82. The monoisotopic (exact) mass is 413 g/mol. The molecule has 1 unspecified atom stereocenters. The van der Waals surface area contributed by atoms with Gasteiger partial charge in [0.15, 0.2) is 0 Å². The van der Waals surface area contributed by atoms with E-state index in [2.05, 4.69) is 15.9 Å². The highest BCUT2D eigenvalue weighted by atomic mass is 79.9. The summed E-state index contributed by atoms with van der Waals surface area (Å²) in [4.78, 5) is 14.0. The first kappa shape index (κ1) is 19.9. The molecule has 6 heteroatoms. The van der Waals surface area contributed by atoms with Crippen LogP contribution in [0.1, 0.15) is 40.0 Å². The van der Waals surface area contributed by atoms with Gasteiger partial charge in [0.05, 0.1) is 6.61 Å². The SMILES string of the molecule is CC(C)(C)OC(=O)N1CCCC(Oc2ccc(OCCBr)cc2)CC1. The summed E-state index contributed by atoms with van der Waals surface area (Å²) < 4.78 is 17.1. The number of benzene rings is 1. The van der Waals surface area contributed by atoms with Gasteiger partial charge in [-0.1, -0.05) is 15.9 Å². The summed E-state index contributed by atoms with van der Waals surface area (Å²) in [7, 11) is 0. The van der Waals surface area contributed by atoms with Crippen LogP contribution in [0.2, 0.25) is 0 Å². The molecule has 1 atom stereocenters. The third-order valence-electron chi connectivity index (χ3n) is 3.80. The van der Waals surface area contributed by atoms with Gasteiger partial charge in [-0.05, 0) is 57.9 Å². The van der Waals surface area contributed by atoms with Crippen molar-refractivity contribution in [2.45, 2.75) is 51.7 Å². The minimum absolute atomic E-state index is 0.113. The molecular weight excluding hydrogens is 386 g/mol. The third-order valence-corrected chi connectivity index (χ3v) is 4.12. The van der Waals surface area contributed by atoms with E-state index < -0.39 is 5.60 Å². The van der Waals surface area contributed by atoms with E-state index in [0.29, 0.717) is 19.7 Å². The Morgan fingerprint density at radius 3 is 2.48 bits per heavy atom. The van der Waals surface area contributed by atoms with Gasteiger partial charge < -0.3 is 19.1 Å². The normalized spacial score (nSPS) is 18.4. The predicted molar refractivity (Wildman–Crippen MR) is 102 cm³/mol. The minimum atomic E-state index is -0.460. The van der Waals surface area contributed by atoms with Crippen LogP contribution in [0.15, 0.2) is 24.3 Å². The molecule has 1 fully saturated rings. The van der Waals surface area contributed by atoms with E-state index in [9.17, 15) is 4.79 Å². The number of halogens is 1. The molecule has 140 valence electrons. The quantitative estimate of drug-likeness (QED) is 0.660. The molecule has 0 bridgehead atoms. The zero-order valence-corrected chi connectivity index (χ0v) is 16.9. The Balaban J connectivity index is 1.83. The maximum atomic E-state index is 12.2. The van der Waals surface area contributed by atoms with E-state index in [1.807, 2.05) is 45.0 Å². The topological polar surface area (TPSA) is 48.0 Å². The zero-order chi connectivity index (χ0) is 18.3. The lowest BCUT2D eigenvalue weighted by molar-refractivity contribution is 0.0252. The number of likely N-dealkylation sites (tertiary alicyclic amines) is 1. The highest BCUT2D eigenvalue weighted by Crippen LogP contribution is 2.23. The number of ether oxygens (including phenoxy) is 3. The number of rotatable bonds is 5. The lowest BCUT2D eigenvalue weighted by atomic mass is 10.1. The van der Waals surface area contributed by atoms with Gasteiger partial charge in [0.1, 0.15) is 23.2 Å². The number of alkyl halides is 1. The Hall–Kier alpha value is -1.43. The molecule has 1 heterocycles. The molecule has 0 aromatic heterocycles. The van der Waals surface area contributed by atoms with Gasteiger partial charge in [0, 0.05) is 24.8 Å². The van der Waals surface area contributed by atoms with Crippen molar-refractivity contribution in [3.05, 3.63) is 24.3 Å². The second kappa shape index (κ2) is 9.32. The third kappa shape index (κ3) is 7.14. The van der Waals surface area contributed by atoms with Crippen LogP contribution in [0.5, 0.6) is 11.5 Å². The van der Waals surface area contributed by atoms with Crippen LogP contribution in [0.25, 0.3) is 0 Å². The number of carbonyl (C=O) groups is 1. The maximum absolute atomic E-state index is 12.2. The maximum Gasteiger partial charge on any atom is 0.410 e. The second-order valence-electron chi connectivity index (χ2n) is 7.15. The zero-order valence-electron chi connectivity index (χ0n) is 15.3. The molecular formula is C19H28BrNO4. The molecule has 1 aliphatic rings. The highest BCUT2D eigenvalue weighted by Gasteiger charge is 2.25. The lowest BCUT2D eigenvalue weighted by Gasteiger charge is -2.26. The molecule has 1 aliphatic heterocycles. The molecule has 1 aromatic carbocycles. The first-order valence-corrected chi connectivity index (χ1v) is 9.93. The van der Waals surface area contributed by atoms with Crippen molar-refractivity contribution in [2.75, 3.05) is 25.0 Å². The van der Waals surface area contributed by atoms with E-state index in [4.69, 9.17) is 14.2 Å². The average Bonchev–Trinajstić information content (AvgIpc) is 2.78. The molecule has 2 rings (SSSR count). The van der Waals surface area contributed by atoms with E-state index in [1.54, 1.807) is 4.90 Å². The van der Waals surface area contributed by atoms with Crippen LogP contribution in [-0.2, 0) is 4.74 Å². The van der Waals surface area contributed by atoms with Crippen LogP contribution < -0.4 is 9.47 Å². The van der Waals surface area contributed by atoms with Gasteiger partial charge >= 0.3 is 6.09 Å². The Bertz CT molecular complexity index is 541. The molecule has 0 radical (unpaired) electrons. The second-order valence-corrected chi connectivity index (χ2v) is 7.94. The van der Waals surface area contributed by atoms with E-state index in [0.717, 1.165) is 36.1 Å². The summed E-state index contributed by atoms with van der Waals surface area (Å²) in [5.41, 5.74) is -0.460. The van der Waals surface area contributed by atoms with Crippen molar-refractivity contribution in [3.8, 4) is 11.5 Å². The number of hydrogen-bond donors (Lipinski definition) is 0. The number of carbonyl (C=O) groups excluding carboxylic acids is 1. The molecule has 0 spiro atoms. The van der Waals surface area contributed by atoms with Crippen LogP contribution >= 0.6 is 15.9 Å². The molecule has 25 heavy (non-hydrogen) atoms. The Labute approximate surface area is 158 Å². The van der Waals surface area contributed by atoms with E-state index in [1.165, 1.54) is 0 Å². The van der Waals surface area contributed by atoms with Gasteiger partial charge in [-0.15, -0.1) is 0 Å². The molecule has 0 aliphatic carbocycles. The first-order chi connectivity index (χ1) is 11.9. The number of nitrogens with zero attached hydrogens (tertiary/aromatic N) is 1. The fraction of sp³-hybridized carbons (Fsp3) is 0.632. The largest absolute Gasteiger partial charge is 0.493 e. The van der Waals surface area contributed by atoms with Crippen LogP contribution in [0.4, 0.5) is 4.79 Å². The highest BCUT2D eigenvalue weighted by molar-refractivity contribution is 9.09. The molecule has 0 saturated carbocycles. The van der Waals surface area contributed by atoms with Gasteiger partial charge in [0.25, 0.3) is 0 Å².